The largest absolute Gasteiger partial charge is 0.480 e. The van der Waals surface area contributed by atoms with Gasteiger partial charge < -0.3 is 5.11 Å². The summed E-state index contributed by atoms with van der Waals surface area (Å²) in [5.74, 6) is -1.47. The van der Waals surface area contributed by atoms with Gasteiger partial charge in [-0.05, 0) is 18.6 Å². The van der Waals surface area contributed by atoms with Crippen LogP contribution in [-0.2, 0) is 20.6 Å². The van der Waals surface area contributed by atoms with Crippen molar-refractivity contribution < 1.29 is 18.3 Å². The second kappa shape index (κ2) is 5.61. The first-order valence-corrected chi connectivity index (χ1v) is 7.22. The third kappa shape index (κ3) is 4.45. The number of carboxylic acids is 1. The summed E-state index contributed by atoms with van der Waals surface area (Å²) in [5, 5.41) is 8.63. The predicted molar refractivity (Wildman–Crippen MR) is 67.0 cm³/mol. The molecule has 1 rings (SSSR count). The molecule has 0 aliphatic carbocycles. The first-order valence-electron chi connectivity index (χ1n) is 4.78. The zero-order valence-electron chi connectivity index (χ0n) is 9.05. The summed E-state index contributed by atoms with van der Waals surface area (Å²) in [6.07, 6.45) is 0. The van der Waals surface area contributed by atoms with Gasteiger partial charge in [0.15, 0.2) is 0 Å². The molecule has 0 aliphatic rings. The number of rotatable bonds is 5. The molecule has 17 heavy (non-hydrogen) atoms. The van der Waals surface area contributed by atoms with Crippen LogP contribution in [0.3, 0.4) is 0 Å². The zero-order chi connectivity index (χ0) is 13.1. The van der Waals surface area contributed by atoms with Gasteiger partial charge in [-0.3, -0.25) is 4.79 Å². The maximum atomic E-state index is 11.7. The molecule has 1 aromatic rings. The van der Waals surface area contributed by atoms with Gasteiger partial charge in [-0.25, -0.2) is 13.1 Å². The fourth-order valence-electron chi connectivity index (χ4n) is 1.18. The fourth-order valence-corrected chi connectivity index (χ4v) is 3.18. The maximum Gasteiger partial charge on any atom is 0.321 e. The van der Waals surface area contributed by atoms with Crippen LogP contribution >= 0.6 is 15.9 Å². The average molecular weight is 322 g/mol. The number of carbonyl (C=O) groups is 1. The quantitative estimate of drug-likeness (QED) is 0.857. The van der Waals surface area contributed by atoms with Crippen LogP contribution in [0.1, 0.15) is 12.5 Å². The standard InChI is InChI=1S/C10H12BrNO4S/c1-7(10(13)14)12-17(15,16)6-8-4-2-3-5-9(8)11/h2-5,7,12H,6H2,1H3,(H,13,14). The summed E-state index contributed by atoms with van der Waals surface area (Å²) in [6, 6.07) is 5.74. The van der Waals surface area contributed by atoms with Gasteiger partial charge >= 0.3 is 5.97 Å². The van der Waals surface area contributed by atoms with Crippen molar-refractivity contribution in [1.29, 1.82) is 0 Å². The molecule has 5 nitrogen and oxygen atoms in total. The van der Waals surface area contributed by atoms with Crippen LogP contribution in [0.25, 0.3) is 0 Å². The molecule has 0 saturated carbocycles. The molecule has 0 aliphatic heterocycles. The lowest BCUT2D eigenvalue weighted by Crippen LogP contribution is -2.38. The molecule has 0 bridgehead atoms. The molecule has 7 heteroatoms. The van der Waals surface area contributed by atoms with Gasteiger partial charge in [0.1, 0.15) is 6.04 Å². The van der Waals surface area contributed by atoms with Gasteiger partial charge in [-0.15, -0.1) is 0 Å². The van der Waals surface area contributed by atoms with E-state index in [0.29, 0.717) is 10.0 Å². The van der Waals surface area contributed by atoms with Crippen LogP contribution in [0.15, 0.2) is 28.7 Å². The first kappa shape index (κ1) is 14.1. The number of aliphatic carboxylic acids is 1. The molecule has 1 aromatic carbocycles. The number of benzene rings is 1. The summed E-state index contributed by atoms with van der Waals surface area (Å²) in [5.41, 5.74) is 0.581. The van der Waals surface area contributed by atoms with Crippen LogP contribution in [0.4, 0.5) is 0 Å². The molecule has 0 fully saturated rings. The molecule has 0 spiro atoms. The molecule has 1 atom stereocenters. The Kier molecular flexibility index (Phi) is 4.67. The van der Waals surface area contributed by atoms with Crippen molar-refractivity contribution in [3.8, 4) is 0 Å². The Morgan fingerprint density at radius 1 is 1.47 bits per heavy atom. The van der Waals surface area contributed by atoms with E-state index in [9.17, 15) is 13.2 Å². The van der Waals surface area contributed by atoms with Crippen LogP contribution in [0, 0.1) is 0 Å². The van der Waals surface area contributed by atoms with Crippen LogP contribution in [0.5, 0.6) is 0 Å². The molecule has 0 heterocycles. The van der Waals surface area contributed by atoms with E-state index in [1.165, 1.54) is 6.92 Å². The predicted octanol–water partition coefficient (Wildman–Crippen LogP) is 1.34. The Balaban J connectivity index is 2.81. The number of halogens is 1. The first-order chi connectivity index (χ1) is 7.82. The third-order valence-corrected chi connectivity index (χ3v) is 4.21. The van der Waals surface area contributed by atoms with Gasteiger partial charge in [0, 0.05) is 4.47 Å². The lowest BCUT2D eigenvalue weighted by Gasteiger charge is -2.10. The highest BCUT2D eigenvalue weighted by molar-refractivity contribution is 9.10. The van der Waals surface area contributed by atoms with Gasteiger partial charge in [0.05, 0.1) is 5.75 Å². The molecule has 0 amide bonds. The summed E-state index contributed by atoms with van der Waals surface area (Å²) in [7, 11) is -3.66. The third-order valence-electron chi connectivity index (χ3n) is 2.03. The van der Waals surface area contributed by atoms with E-state index >= 15 is 0 Å². The normalized spacial score (nSPS) is 13.3. The van der Waals surface area contributed by atoms with Gasteiger partial charge in [-0.2, -0.15) is 0 Å². The Bertz CT molecular complexity index is 515. The average Bonchev–Trinajstić information content (AvgIpc) is 2.20. The van der Waals surface area contributed by atoms with Crippen molar-refractivity contribution >= 4 is 31.9 Å². The summed E-state index contributed by atoms with van der Waals surface area (Å²) in [4.78, 5) is 10.6. The highest BCUT2D eigenvalue weighted by atomic mass is 79.9. The molecule has 0 radical (unpaired) electrons. The summed E-state index contributed by atoms with van der Waals surface area (Å²) < 4.78 is 26.1. The zero-order valence-corrected chi connectivity index (χ0v) is 11.5. The van der Waals surface area contributed by atoms with Gasteiger partial charge in [0.2, 0.25) is 10.0 Å². The van der Waals surface area contributed by atoms with E-state index in [2.05, 4.69) is 20.7 Å². The number of nitrogens with one attached hydrogen (secondary N) is 1. The molecule has 94 valence electrons. The van der Waals surface area contributed by atoms with Crippen molar-refractivity contribution in [3.05, 3.63) is 34.3 Å². The molecular weight excluding hydrogens is 310 g/mol. The molecule has 0 aromatic heterocycles. The Labute approximate surface area is 108 Å². The Hall–Kier alpha value is -0.920. The van der Waals surface area contributed by atoms with E-state index in [0.717, 1.165) is 0 Å². The van der Waals surface area contributed by atoms with Crippen molar-refractivity contribution in [2.45, 2.75) is 18.7 Å². The van der Waals surface area contributed by atoms with E-state index in [4.69, 9.17) is 5.11 Å². The van der Waals surface area contributed by atoms with Crippen molar-refractivity contribution in [1.82, 2.24) is 4.72 Å². The maximum absolute atomic E-state index is 11.7. The topological polar surface area (TPSA) is 83.5 Å². The van der Waals surface area contributed by atoms with E-state index in [-0.39, 0.29) is 5.75 Å². The van der Waals surface area contributed by atoms with Crippen LogP contribution in [-0.4, -0.2) is 25.5 Å². The highest BCUT2D eigenvalue weighted by Crippen LogP contribution is 2.18. The van der Waals surface area contributed by atoms with E-state index in [1.807, 2.05) is 0 Å². The highest BCUT2D eigenvalue weighted by Gasteiger charge is 2.20. The van der Waals surface area contributed by atoms with Crippen LogP contribution in [0.2, 0.25) is 0 Å². The summed E-state index contributed by atoms with van der Waals surface area (Å²) in [6.45, 7) is 1.28. The Morgan fingerprint density at radius 2 is 2.06 bits per heavy atom. The number of carboxylic acid groups (broad SMARTS) is 1. The van der Waals surface area contributed by atoms with Crippen molar-refractivity contribution in [2.75, 3.05) is 0 Å². The minimum Gasteiger partial charge on any atom is -0.480 e. The Morgan fingerprint density at radius 3 is 2.59 bits per heavy atom. The molecular formula is C10H12BrNO4S. The molecule has 0 saturated heterocycles. The molecule has 1 unspecified atom stereocenters. The van der Waals surface area contributed by atoms with Crippen molar-refractivity contribution in [2.24, 2.45) is 0 Å². The molecule has 2 N–H and O–H groups in total. The van der Waals surface area contributed by atoms with Crippen molar-refractivity contribution in [3.63, 3.8) is 0 Å². The second-order valence-electron chi connectivity index (χ2n) is 3.53. The minimum absolute atomic E-state index is 0.258. The van der Waals surface area contributed by atoms with E-state index in [1.54, 1.807) is 24.3 Å². The number of sulfonamides is 1. The lowest BCUT2D eigenvalue weighted by atomic mass is 10.2. The number of hydrogen-bond donors (Lipinski definition) is 2. The van der Waals surface area contributed by atoms with E-state index < -0.39 is 22.0 Å². The number of hydrogen-bond acceptors (Lipinski definition) is 3. The SMILES string of the molecule is CC(NS(=O)(=O)Cc1ccccc1Br)C(=O)O. The second-order valence-corrected chi connectivity index (χ2v) is 6.14. The van der Waals surface area contributed by atoms with Gasteiger partial charge in [0.25, 0.3) is 0 Å². The van der Waals surface area contributed by atoms with Gasteiger partial charge in [-0.1, -0.05) is 34.1 Å². The fraction of sp³-hybridized carbons (Fsp3) is 0.300. The summed E-state index contributed by atoms with van der Waals surface area (Å²) >= 11 is 3.24. The minimum atomic E-state index is -3.66. The van der Waals surface area contributed by atoms with Crippen LogP contribution < -0.4 is 4.72 Å². The smallest absolute Gasteiger partial charge is 0.321 e. The monoisotopic (exact) mass is 321 g/mol. The lowest BCUT2D eigenvalue weighted by molar-refractivity contribution is -0.138.